The maximum atomic E-state index is 13.5. The maximum Gasteiger partial charge on any atom is 0.266 e. The van der Waals surface area contributed by atoms with Crippen LogP contribution in [0.2, 0.25) is 0 Å². The number of hydrogen-bond acceptors (Lipinski definition) is 2. The van der Waals surface area contributed by atoms with Gasteiger partial charge in [0.25, 0.3) is 5.56 Å². The van der Waals surface area contributed by atoms with Crippen LogP contribution < -0.4 is 5.56 Å². The summed E-state index contributed by atoms with van der Waals surface area (Å²) in [6.45, 7) is 1.90. The Bertz CT molecular complexity index is 1330. The molecule has 0 spiro atoms. The molecule has 0 amide bonds. The van der Waals surface area contributed by atoms with Crippen LogP contribution in [0, 0.1) is 6.92 Å². The maximum absolute atomic E-state index is 13.5. The smallest absolute Gasteiger partial charge is 0.266 e. The first-order valence-corrected chi connectivity index (χ1v) is 8.89. The number of pyridine rings is 1. The Balaban J connectivity index is 2.01. The quantitative estimate of drug-likeness (QED) is 0.465. The molecule has 0 radical (unpaired) electrons. The normalized spacial score (nSPS) is 11.3. The van der Waals surface area contributed by atoms with E-state index in [0.717, 1.165) is 33.5 Å². The molecule has 130 valence electrons. The van der Waals surface area contributed by atoms with Crippen molar-refractivity contribution >= 4 is 21.8 Å². The molecule has 0 fully saturated rings. The van der Waals surface area contributed by atoms with Gasteiger partial charge in [0, 0.05) is 11.1 Å². The summed E-state index contributed by atoms with van der Waals surface area (Å²) in [4.78, 5) is 13.5. The van der Waals surface area contributed by atoms with Gasteiger partial charge in [0.2, 0.25) is 0 Å². The fourth-order valence-corrected chi connectivity index (χ4v) is 3.71. The number of aryl methyl sites for hydroxylation is 1. The average molecular weight is 351 g/mol. The minimum atomic E-state index is -0.0467. The molecule has 0 saturated heterocycles. The molecule has 0 aliphatic carbocycles. The van der Waals surface area contributed by atoms with Crippen LogP contribution in [-0.4, -0.2) is 14.3 Å². The lowest BCUT2D eigenvalue weighted by atomic mass is 10.1. The van der Waals surface area contributed by atoms with Crippen LogP contribution in [0.25, 0.3) is 33.2 Å². The van der Waals surface area contributed by atoms with Crippen LogP contribution >= 0.6 is 0 Å². The summed E-state index contributed by atoms with van der Waals surface area (Å²) in [5, 5.41) is 6.36. The number of rotatable bonds is 2. The van der Waals surface area contributed by atoms with E-state index < -0.39 is 0 Å². The Morgan fingerprint density at radius 1 is 0.741 bits per heavy atom. The zero-order valence-electron chi connectivity index (χ0n) is 14.8. The van der Waals surface area contributed by atoms with Crippen molar-refractivity contribution in [2.45, 2.75) is 6.92 Å². The predicted molar refractivity (Wildman–Crippen MR) is 109 cm³/mol. The summed E-state index contributed by atoms with van der Waals surface area (Å²) >= 11 is 0. The summed E-state index contributed by atoms with van der Waals surface area (Å²) in [5.41, 5.74) is 4.21. The van der Waals surface area contributed by atoms with Gasteiger partial charge in [-0.1, -0.05) is 54.6 Å². The van der Waals surface area contributed by atoms with Crippen molar-refractivity contribution in [2.75, 3.05) is 0 Å². The van der Waals surface area contributed by atoms with Crippen molar-refractivity contribution in [3.8, 4) is 11.4 Å². The van der Waals surface area contributed by atoms with E-state index in [1.165, 1.54) is 0 Å². The summed E-state index contributed by atoms with van der Waals surface area (Å²) < 4.78 is 3.66. The molecule has 4 nitrogen and oxygen atoms in total. The minimum absolute atomic E-state index is 0.0467. The van der Waals surface area contributed by atoms with Crippen molar-refractivity contribution in [1.82, 2.24) is 14.3 Å². The number of aromatic nitrogens is 3. The molecule has 2 aromatic heterocycles. The lowest BCUT2D eigenvalue weighted by Crippen LogP contribution is -2.19. The van der Waals surface area contributed by atoms with E-state index in [-0.39, 0.29) is 5.56 Å². The molecule has 0 atom stereocenters. The van der Waals surface area contributed by atoms with Gasteiger partial charge >= 0.3 is 0 Å². The van der Waals surface area contributed by atoms with Gasteiger partial charge < -0.3 is 0 Å². The summed E-state index contributed by atoms with van der Waals surface area (Å²) in [6.07, 6.45) is 0. The van der Waals surface area contributed by atoms with Gasteiger partial charge in [-0.3, -0.25) is 9.36 Å². The first kappa shape index (κ1) is 15.6. The Labute approximate surface area is 155 Å². The highest BCUT2D eigenvalue weighted by molar-refractivity contribution is 6.05. The number of fused-ring (bicyclic) bond motifs is 3. The van der Waals surface area contributed by atoms with Crippen LogP contribution in [0.4, 0.5) is 0 Å². The van der Waals surface area contributed by atoms with Gasteiger partial charge in [-0.15, -0.1) is 0 Å². The summed E-state index contributed by atoms with van der Waals surface area (Å²) in [7, 11) is 0. The molecular formula is C23H17N3O. The third kappa shape index (κ3) is 2.30. The largest absolute Gasteiger partial charge is 0.276 e. The van der Waals surface area contributed by atoms with E-state index in [0.29, 0.717) is 5.39 Å². The lowest BCUT2D eigenvalue weighted by Gasteiger charge is -2.13. The molecule has 0 aliphatic heterocycles. The lowest BCUT2D eigenvalue weighted by molar-refractivity contribution is 0.891. The summed E-state index contributed by atoms with van der Waals surface area (Å²) in [6, 6.07) is 27.7. The molecule has 0 bridgehead atoms. The number of nitrogens with zero attached hydrogens (tertiary/aromatic N) is 3. The SMILES string of the molecule is Cc1nn(-c2ccccc2)c2c1c(=O)n(-c1ccccc1)c1ccccc21. The minimum Gasteiger partial charge on any atom is -0.276 e. The molecule has 4 heteroatoms. The first-order valence-electron chi connectivity index (χ1n) is 8.89. The van der Waals surface area contributed by atoms with Crippen molar-refractivity contribution in [3.63, 3.8) is 0 Å². The third-order valence-corrected chi connectivity index (χ3v) is 4.89. The van der Waals surface area contributed by atoms with E-state index in [9.17, 15) is 4.79 Å². The monoisotopic (exact) mass is 351 g/mol. The van der Waals surface area contributed by atoms with E-state index in [2.05, 4.69) is 6.07 Å². The van der Waals surface area contributed by atoms with Gasteiger partial charge in [0.05, 0.1) is 27.8 Å². The second kappa shape index (κ2) is 5.95. The summed E-state index contributed by atoms with van der Waals surface area (Å²) in [5.74, 6) is 0. The van der Waals surface area contributed by atoms with Gasteiger partial charge in [-0.2, -0.15) is 5.10 Å². The topological polar surface area (TPSA) is 39.8 Å². The van der Waals surface area contributed by atoms with Crippen LogP contribution in [0.3, 0.4) is 0 Å². The third-order valence-electron chi connectivity index (χ3n) is 4.89. The highest BCUT2D eigenvalue weighted by atomic mass is 16.1. The molecule has 0 unspecified atom stereocenters. The molecule has 5 aromatic rings. The van der Waals surface area contributed by atoms with Gasteiger partial charge in [0.15, 0.2) is 0 Å². The number of hydrogen-bond donors (Lipinski definition) is 0. The molecule has 5 rings (SSSR count). The van der Waals surface area contributed by atoms with E-state index in [4.69, 9.17) is 5.10 Å². The number of para-hydroxylation sites is 3. The van der Waals surface area contributed by atoms with Crippen molar-refractivity contribution < 1.29 is 0 Å². The van der Waals surface area contributed by atoms with Crippen LogP contribution in [0.5, 0.6) is 0 Å². The first-order chi connectivity index (χ1) is 13.3. The van der Waals surface area contributed by atoms with E-state index in [1.807, 2.05) is 90.5 Å². The second-order valence-electron chi connectivity index (χ2n) is 6.55. The molecule has 3 aromatic carbocycles. The highest BCUT2D eigenvalue weighted by Gasteiger charge is 2.19. The zero-order valence-corrected chi connectivity index (χ0v) is 14.8. The fourth-order valence-electron chi connectivity index (χ4n) is 3.71. The van der Waals surface area contributed by atoms with Crippen LogP contribution in [-0.2, 0) is 0 Å². The Hall–Kier alpha value is -3.66. The van der Waals surface area contributed by atoms with Gasteiger partial charge in [0.1, 0.15) is 0 Å². The van der Waals surface area contributed by atoms with Gasteiger partial charge in [-0.25, -0.2) is 4.68 Å². The van der Waals surface area contributed by atoms with Crippen molar-refractivity contribution in [3.05, 3.63) is 101 Å². The van der Waals surface area contributed by atoms with Gasteiger partial charge in [-0.05, 0) is 37.3 Å². The van der Waals surface area contributed by atoms with Crippen LogP contribution in [0.1, 0.15) is 5.69 Å². The van der Waals surface area contributed by atoms with Crippen molar-refractivity contribution in [2.24, 2.45) is 0 Å². The predicted octanol–water partition coefficient (Wildman–Crippen LogP) is 4.64. The molecular weight excluding hydrogens is 334 g/mol. The van der Waals surface area contributed by atoms with Crippen LogP contribution in [0.15, 0.2) is 89.7 Å². The van der Waals surface area contributed by atoms with E-state index in [1.54, 1.807) is 4.57 Å². The molecule has 0 saturated carbocycles. The second-order valence-corrected chi connectivity index (χ2v) is 6.55. The fraction of sp³-hybridized carbons (Fsp3) is 0.0435. The Kier molecular flexibility index (Phi) is 3.44. The highest BCUT2D eigenvalue weighted by Crippen LogP contribution is 2.28. The number of benzene rings is 3. The van der Waals surface area contributed by atoms with E-state index >= 15 is 0 Å². The van der Waals surface area contributed by atoms with Crippen molar-refractivity contribution in [1.29, 1.82) is 0 Å². The molecule has 0 aliphatic rings. The zero-order chi connectivity index (χ0) is 18.4. The standard InChI is InChI=1S/C23H17N3O/c1-16-21-22(26(24-16)18-12-6-3-7-13-18)19-14-8-9-15-20(19)25(23(21)27)17-10-4-2-5-11-17/h2-15H,1H3. The Morgan fingerprint density at radius 2 is 1.33 bits per heavy atom. The Morgan fingerprint density at radius 3 is 2.04 bits per heavy atom. The average Bonchev–Trinajstić information content (AvgIpc) is 3.08. The molecule has 2 heterocycles. The molecule has 0 N–H and O–H groups in total. The molecule has 27 heavy (non-hydrogen) atoms.